The number of aliphatic hydroxyl groups is 1. The molecule has 1 aromatic heterocycles. The average Bonchev–Trinajstić information content (AvgIpc) is 2.62. The van der Waals surface area contributed by atoms with Crippen molar-refractivity contribution in [3.63, 3.8) is 0 Å². The Bertz CT molecular complexity index is 473. The first-order chi connectivity index (χ1) is 6.42. The van der Waals surface area contributed by atoms with Gasteiger partial charge in [0, 0.05) is 17.1 Å². The summed E-state index contributed by atoms with van der Waals surface area (Å²) in [7, 11) is 0. The first-order valence-electron chi connectivity index (χ1n) is 4.07. The van der Waals surface area contributed by atoms with Crippen molar-refractivity contribution in [1.82, 2.24) is 4.98 Å². The molecular weight excluding hydrogens is 162 g/mol. The lowest BCUT2D eigenvalue weighted by molar-refractivity contribution is 0.350. The van der Waals surface area contributed by atoms with Gasteiger partial charge in [-0.15, -0.1) is 0 Å². The fourth-order valence-corrected chi connectivity index (χ4v) is 1.32. The van der Waals surface area contributed by atoms with Crippen LogP contribution < -0.4 is 0 Å². The van der Waals surface area contributed by atoms with Gasteiger partial charge in [-0.25, -0.2) is 0 Å². The summed E-state index contributed by atoms with van der Waals surface area (Å²) in [5.74, 6) is 5.52. The zero-order chi connectivity index (χ0) is 9.10. The zero-order valence-electron chi connectivity index (χ0n) is 7.04. The Hall–Kier alpha value is -1.72. The van der Waals surface area contributed by atoms with Crippen molar-refractivity contribution in [1.29, 1.82) is 0 Å². The van der Waals surface area contributed by atoms with E-state index in [1.165, 1.54) is 0 Å². The number of aromatic amines is 1. The first kappa shape index (κ1) is 7.90. The average molecular weight is 171 g/mol. The molecule has 0 aliphatic rings. The van der Waals surface area contributed by atoms with E-state index in [0.29, 0.717) is 0 Å². The Morgan fingerprint density at radius 2 is 2.23 bits per heavy atom. The highest BCUT2D eigenvalue weighted by molar-refractivity contribution is 5.85. The third kappa shape index (κ3) is 1.42. The zero-order valence-corrected chi connectivity index (χ0v) is 7.04. The van der Waals surface area contributed by atoms with Gasteiger partial charge in [0.25, 0.3) is 0 Å². The summed E-state index contributed by atoms with van der Waals surface area (Å²) < 4.78 is 0. The van der Waals surface area contributed by atoms with E-state index in [0.717, 1.165) is 16.5 Å². The molecule has 2 heteroatoms. The predicted molar refractivity (Wildman–Crippen MR) is 52.3 cm³/mol. The van der Waals surface area contributed by atoms with Crippen molar-refractivity contribution in [3.05, 3.63) is 36.0 Å². The van der Waals surface area contributed by atoms with Gasteiger partial charge in [0.2, 0.25) is 0 Å². The summed E-state index contributed by atoms with van der Waals surface area (Å²) in [6.45, 7) is -0.100. The number of para-hydroxylation sites is 1. The van der Waals surface area contributed by atoms with E-state index in [1.807, 2.05) is 30.5 Å². The van der Waals surface area contributed by atoms with Gasteiger partial charge in [-0.1, -0.05) is 24.0 Å². The third-order valence-corrected chi connectivity index (χ3v) is 1.89. The molecule has 0 saturated heterocycles. The lowest BCUT2D eigenvalue weighted by atomic mass is 10.1. The van der Waals surface area contributed by atoms with Crippen LogP contribution in [0.15, 0.2) is 30.5 Å². The molecule has 0 radical (unpaired) electrons. The summed E-state index contributed by atoms with van der Waals surface area (Å²) in [5.41, 5.74) is 1.96. The van der Waals surface area contributed by atoms with Crippen LogP contribution in [0.3, 0.4) is 0 Å². The molecule has 0 saturated carbocycles. The molecule has 2 rings (SSSR count). The molecule has 0 aliphatic heterocycles. The van der Waals surface area contributed by atoms with E-state index < -0.39 is 0 Å². The Morgan fingerprint density at radius 3 is 3.08 bits per heavy atom. The topological polar surface area (TPSA) is 36.0 Å². The van der Waals surface area contributed by atoms with Gasteiger partial charge in [-0.3, -0.25) is 0 Å². The Morgan fingerprint density at radius 1 is 1.31 bits per heavy atom. The number of hydrogen-bond donors (Lipinski definition) is 2. The summed E-state index contributed by atoms with van der Waals surface area (Å²) in [5, 5.41) is 9.71. The summed E-state index contributed by atoms with van der Waals surface area (Å²) in [6.07, 6.45) is 1.88. The van der Waals surface area contributed by atoms with Gasteiger partial charge in [-0.05, 0) is 12.1 Å². The van der Waals surface area contributed by atoms with Crippen molar-refractivity contribution in [2.45, 2.75) is 0 Å². The summed E-state index contributed by atoms with van der Waals surface area (Å²) >= 11 is 0. The van der Waals surface area contributed by atoms with Crippen molar-refractivity contribution in [2.24, 2.45) is 0 Å². The van der Waals surface area contributed by atoms with E-state index in [1.54, 1.807) is 0 Å². The Balaban J connectivity index is 2.61. The standard InChI is InChI=1S/C11H9NO/c13-8-2-5-9-3-1-4-10-6-7-12-11(9)10/h1,3-4,6-7,12-13H,8H2. The maximum atomic E-state index is 8.57. The van der Waals surface area contributed by atoms with E-state index in [4.69, 9.17) is 5.11 Å². The van der Waals surface area contributed by atoms with E-state index in [9.17, 15) is 0 Å². The second-order valence-electron chi connectivity index (χ2n) is 2.71. The molecule has 0 bridgehead atoms. The molecule has 64 valence electrons. The highest BCUT2D eigenvalue weighted by Gasteiger charge is 1.96. The smallest absolute Gasteiger partial charge is 0.104 e. The molecule has 2 aromatic rings. The van der Waals surface area contributed by atoms with Gasteiger partial charge < -0.3 is 10.1 Å². The monoisotopic (exact) mass is 171 g/mol. The molecular formula is C11H9NO. The molecule has 0 atom stereocenters. The lowest BCUT2D eigenvalue weighted by Gasteiger charge is -1.92. The van der Waals surface area contributed by atoms with Gasteiger partial charge >= 0.3 is 0 Å². The van der Waals surface area contributed by atoms with Crippen LogP contribution in [-0.4, -0.2) is 16.7 Å². The fourth-order valence-electron chi connectivity index (χ4n) is 1.32. The molecule has 2 nitrogen and oxygen atoms in total. The van der Waals surface area contributed by atoms with Crippen LogP contribution in [0.2, 0.25) is 0 Å². The van der Waals surface area contributed by atoms with Gasteiger partial charge in [0.1, 0.15) is 6.61 Å². The second-order valence-corrected chi connectivity index (χ2v) is 2.71. The Labute approximate surface area is 76.2 Å². The SMILES string of the molecule is OCC#Cc1cccc2cc[nH]c12. The van der Waals surface area contributed by atoms with Crippen LogP contribution in [0.25, 0.3) is 10.9 Å². The summed E-state index contributed by atoms with van der Waals surface area (Å²) in [4.78, 5) is 3.11. The number of aromatic nitrogens is 1. The van der Waals surface area contributed by atoms with E-state index in [-0.39, 0.29) is 6.61 Å². The van der Waals surface area contributed by atoms with Crippen molar-refractivity contribution < 1.29 is 5.11 Å². The van der Waals surface area contributed by atoms with Crippen LogP contribution in [-0.2, 0) is 0 Å². The summed E-state index contributed by atoms with van der Waals surface area (Å²) in [6, 6.07) is 7.91. The molecule has 0 spiro atoms. The van der Waals surface area contributed by atoms with Crippen LogP contribution in [0, 0.1) is 11.8 Å². The molecule has 0 aliphatic carbocycles. The van der Waals surface area contributed by atoms with E-state index >= 15 is 0 Å². The van der Waals surface area contributed by atoms with Crippen molar-refractivity contribution in [2.75, 3.05) is 6.61 Å². The number of fused-ring (bicyclic) bond motifs is 1. The molecule has 13 heavy (non-hydrogen) atoms. The number of rotatable bonds is 0. The van der Waals surface area contributed by atoms with Crippen LogP contribution in [0.1, 0.15) is 5.56 Å². The van der Waals surface area contributed by atoms with Crippen molar-refractivity contribution >= 4 is 10.9 Å². The minimum Gasteiger partial charge on any atom is -0.384 e. The molecule has 0 amide bonds. The van der Waals surface area contributed by atoms with Gasteiger partial charge in [0.15, 0.2) is 0 Å². The van der Waals surface area contributed by atoms with Crippen LogP contribution in [0.5, 0.6) is 0 Å². The minimum absolute atomic E-state index is 0.100. The largest absolute Gasteiger partial charge is 0.384 e. The number of hydrogen-bond acceptors (Lipinski definition) is 1. The molecule has 1 aromatic carbocycles. The number of aliphatic hydroxyl groups excluding tert-OH is 1. The maximum absolute atomic E-state index is 8.57. The van der Waals surface area contributed by atoms with Gasteiger partial charge in [0.05, 0.1) is 5.52 Å². The molecule has 0 fully saturated rings. The normalized spacial score (nSPS) is 9.62. The van der Waals surface area contributed by atoms with Crippen molar-refractivity contribution in [3.8, 4) is 11.8 Å². The first-order valence-corrected chi connectivity index (χ1v) is 4.07. The fraction of sp³-hybridized carbons (Fsp3) is 0.0909. The van der Waals surface area contributed by atoms with Gasteiger partial charge in [-0.2, -0.15) is 0 Å². The third-order valence-electron chi connectivity index (χ3n) is 1.89. The number of benzene rings is 1. The number of nitrogens with one attached hydrogen (secondary N) is 1. The quantitative estimate of drug-likeness (QED) is 0.579. The minimum atomic E-state index is -0.100. The number of H-pyrrole nitrogens is 1. The predicted octanol–water partition coefficient (Wildman–Crippen LogP) is 1.51. The highest BCUT2D eigenvalue weighted by Crippen LogP contribution is 2.15. The van der Waals surface area contributed by atoms with Crippen LogP contribution in [0.4, 0.5) is 0 Å². The second kappa shape index (κ2) is 3.34. The molecule has 0 unspecified atom stereocenters. The van der Waals surface area contributed by atoms with E-state index in [2.05, 4.69) is 16.8 Å². The highest BCUT2D eigenvalue weighted by atomic mass is 16.2. The lowest BCUT2D eigenvalue weighted by Crippen LogP contribution is -1.78. The molecule has 2 N–H and O–H groups in total. The Kier molecular flexibility index (Phi) is 2.03. The van der Waals surface area contributed by atoms with Crippen LogP contribution >= 0.6 is 0 Å². The maximum Gasteiger partial charge on any atom is 0.104 e. The molecule has 1 heterocycles.